The molecule has 1 aromatic rings. The first kappa shape index (κ1) is 18.2. The van der Waals surface area contributed by atoms with Gasteiger partial charge in [-0.3, -0.25) is 0 Å². The fraction of sp³-hybridized carbons (Fsp3) is 0.550. The second kappa shape index (κ2) is 8.22. The molecule has 2 saturated carbocycles. The van der Waals surface area contributed by atoms with Crippen LogP contribution in [-0.2, 0) is 11.3 Å². The molecule has 138 valence electrons. The van der Waals surface area contributed by atoms with Crippen LogP contribution in [0.1, 0.15) is 50.5 Å². The molecular weight excluding hydrogens is 330 g/mol. The van der Waals surface area contributed by atoms with Crippen LogP contribution in [-0.4, -0.2) is 29.6 Å². The summed E-state index contributed by atoms with van der Waals surface area (Å²) in [7, 11) is 0. The topological polar surface area (TPSA) is 82.4 Å². The number of nitriles is 1. The van der Waals surface area contributed by atoms with Gasteiger partial charge in [0.2, 0.25) is 0 Å². The molecule has 0 heterocycles. The smallest absolute Gasteiger partial charge is 0.418 e. The number of hydrogen-bond donors (Lipinski definition) is 1. The minimum Gasteiger partial charge on any atom is -0.444 e. The number of benzene rings is 1. The Morgan fingerprint density at radius 2 is 1.88 bits per heavy atom. The van der Waals surface area contributed by atoms with Crippen LogP contribution >= 0.6 is 0 Å². The molecule has 0 bridgehead atoms. The zero-order valence-corrected chi connectivity index (χ0v) is 14.9. The first-order valence-electron chi connectivity index (χ1n) is 9.33. The zero-order valence-electron chi connectivity index (χ0n) is 14.9. The van der Waals surface area contributed by atoms with E-state index in [4.69, 9.17) is 10.00 Å². The van der Waals surface area contributed by atoms with Crippen molar-refractivity contribution in [3.8, 4) is 6.07 Å². The number of urea groups is 1. The standard InChI is InChI=1S/C20H25N3O3/c21-14-20(11-12-20)15-22-18(24)23(17-9-5-2-6-10-17)19(25)26-13-16-7-3-1-4-8-16/h1,3-4,7-8,17H,2,5-6,9-13,15H2,(H,22,24). The Kier molecular flexibility index (Phi) is 5.77. The van der Waals surface area contributed by atoms with Crippen LogP contribution in [0.4, 0.5) is 9.59 Å². The second-order valence-corrected chi connectivity index (χ2v) is 7.25. The predicted octanol–water partition coefficient (Wildman–Crippen LogP) is 3.97. The van der Waals surface area contributed by atoms with E-state index >= 15 is 0 Å². The zero-order chi connectivity index (χ0) is 18.4. The Morgan fingerprint density at radius 3 is 2.50 bits per heavy atom. The third-order valence-electron chi connectivity index (χ3n) is 5.23. The van der Waals surface area contributed by atoms with Gasteiger partial charge in [-0.25, -0.2) is 14.5 Å². The molecule has 0 aromatic heterocycles. The molecule has 0 aliphatic heterocycles. The maximum absolute atomic E-state index is 12.7. The van der Waals surface area contributed by atoms with Crippen LogP contribution in [0.5, 0.6) is 0 Å². The molecule has 1 N–H and O–H groups in total. The molecule has 6 heteroatoms. The predicted molar refractivity (Wildman–Crippen MR) is 96.0 cm³/mol. The third kappa shape index (κ3) is 4.54. The van der Waals surface area contributed by atoms with Gasteiger partial charge in [0.15, 0.2) is 0 Å². The van der Waals surface area contributed by atoms with Crippen molar-refractivity contribution in [1.29, 1.82) is 5.26 Å². The van der Waals surface area contributed by atoms with Gasteiger partial charge in [-0.15, -0.1) is 0 Å². The van der Waals surface area contributed by atoms with Gasteiger partial charge >= 0.3 is 12.1 Å². The molecule has 0 spiro atoms. The minimum atomic E-state index is -0.611. The molecule has 2 fully saturated rings. The number of carbonyl (C=O) groups excluding carboxylic acids is 2. The summed E-state index contributed by atoms with van der Waals surface area (Å²) < 4.78 is 5.40. The molecule has 6 nitrogen and oxygen atoms in total. The molecule has 1 aromatic carbocycles. The molecule has 0 saturated heterocycles. The normalized spacial score (nSPS) is 18.4. The van der Waals surface area contributed by atoms with Crippen molar-refractivity contribution in [3.05, 3.63) is 35.9 Å². The van der Waals surface area contributed by atoms with Gasteiger partial charge in [0.25, 0.3) is 0 Å². The maximum Gasteiger partial charge on any atom is 0.418 e. The molecule has 0 atom stereocenters. The van der Waals surface area contributed by atoms with Crippen molar-refractivity contribution < 1.29 is 14.3 Å². The fourth-order valence-corrected chi connectivity index (χ4v) is 3.33. The minimum absolute atomic E-state index is 0.135. The van der Waals surface area contributed by atoms with Crippen LogP contribution in [0.15, 0.2) is 30.3 Å². The lowest BCUT2D eigenvalue weighted by atomic mass is 9.94. The van der Waals surface area contributed by atoms with Crippen molar-refractivity contribution in [2.45, 2.75) is 57.6 Å². The van der Waals surface area contributed by atoms with Crippen molar-refractivity contribution in [2.24, 2.45) is 5.41 Å². The van der Waals surface area contributed by atoms with Crippen molar-refractivity contribution in [3.63, 3.8) is 0 Å². The molecule has 2 aliphatic carbocycles. The first-order valence-corrected chi connectivity index (χ1v) is 9.33. The van der Waals surface area contributed by atoms with E-state index in [1.807, 2.05) is 30.3 Å². The summed E-state index contributed by atoms with van der Waals surface area (Å²) in [6, 6.07) is 11.1. The van der Waals surface area contributed by atoms with Gasteiger partial charge in [-0.2, -0.15) is 5.26 Å². The van der Waals surface area contributed by atoms with E-state index < -0.39 is 17.5 Å². The van der Waals surface area contributed by atoms with Crippen molar-refractivity contribution >= 4 is 12.1 Å². The second-order valence-electron chi connectivity index (χ2n) is 7.25. The highest BCUT2D eigenvalue weighted by atomic mass is 16.6. The largest absolute Gasteiger partial charge is 0.444 e. The summed E-state index contributed by atoms with van der Waals surface area (Å²) in [4.78, 5) is 26.6. The SMILES string of the molecule is N#CC1(CNC(=O)N(C(=O)OCc2ccccc2)C2CCCCC2)CC1. The number of ether oxygens (including phenoxy) is 1. The lowest BCUT2D eigenvalue weighted by Gasteiger charge is -2.32. The highest BCUT2D eigenvalue weighted by Gasteiger charge is 2.44. The van der Waals surface area contributed by atoms with Gasteiger partial charge in [0.05, 0.1) is 11.5 Å². The number of amides is 3. The van der Waals surface area contributed by atoms with E-state index in [9.17, 15) is 9.59 Å². The number of nitrogens with one attached hydrogen (secondary N) is 1. The molecule has 2 aliphatic rings. The molecular formula is C20H25N3O3. The molecule has 0 radical (unpaired) electrons. The van der Waals surface area contributed by atoms with Crippen molar-refractivity contribution in [2.75, 3.05) is 6.54 Å². The molecule has 3 rings (SSSR count). The van der Waals surface area contributed by atoms with Gasteiger partial charge in [-0.1, -0.05) is 49.6 Å². The Balaban J connectivity index is 1.62. The van der Waals surface area contributed by atoms with Gasteiger partial charge in [0, 0.05) is 12.6 Å². The molecule has 0 unspecified atom stereocenters. The Morgan fingerprint density at radius 1 is 1.19 bits per heavy atom. The van der Waals surface area contributed by atoms with Crippen LogP contribution < -0.4 is 5.32 Å². The number of hydrogen-bond acceptors (Lipinski definition) is 4. The lowest BCUT2D eigenvalue weighted by Crippen LogP contribution is -2.51. The fourth-order valence-electron chi connectivity index (χ4n) is 3.33. The summed E-state index contributed by atoms with van der Waals surface area (Å²) in [6.07, 6.45) is 5.72. The Hall–Kier alpha value is -2.55. The number of nitrogens with zero attached hydrogens (tertiary/aromatic N) is 2. The van der Waals surface area contributed by atoms with Crippen LogP contribution in [0.2, 0.25) is 0 Å². The number of imide groups is 1. The van der Waals surface area contributed by atoms with E-state index in [0.717, 1.165) is 50.5 Å². The molecule has 3 amide bonds. The quantitative estimate of drug-likeness (QED) is 0.866. The summed E-state index contributed by atoms with van der Waals surface area (Å²) >= 11 is 0. The van der Waals surface area contributed by atoms with Crippen LogP contribution in [0.25, 0.3) is 0 Å². The molecule has 26 heavy (non-hydrogen) atoms. The van der Waals surface area contributed by atoms with Crippen LogP contribution in [0.3, 0.4) is 0 Å². The maximum atomic E-state index is 12.7. The van der Waals surface area contributed by atoms with E-state index in [2.05, 4.69) is 11.4 Å². The first-order chi connectivity index (χ1) is 12.6. The Bertz CT molecular complexity index is 673. The van der Waals surface area contributed by atoms with Crippen LogP contribution in [0, 0.1) is 16.7 Å². The third-order valence-corrected chi connectivity index (χ3v) is 5.23. The highest BCUT2D eigenvalue weighted by molar-refractivity contribution is 5.91. The summed E-state index contributed by atoms with van der Waals surface area (Å²) in [6.45, 7) is 0.426. The van der Waals surface area contributed by atoms with E-state index in [1.165, 1.54) is 4.90 Å². The van der Waals surface area contributed by atoms with E-state index in [0.29, 0.717) is 0 Å². The summed E-state index contributed by atoms with van der Waals surface area (Å²) in [5, 5.41) is 11.9. The number of rotatable bonds is 5. The summed E-state index contributed by atoms with van der Waals surface area (Å²) in [5.41, 5.74) is 0.438. The highest BCUT2D eigenvalue weighted by Crippen LogP contribution is 2.44. The Labute approximate surface area is 154 Å². The van der Waals surface area contributed by atoms with Gasteiger partial charge in [0.1, 0.15) is 6.61 Å². The average Bonchev–Trinajstić information content (AvgIpc) is 3.47. The van der Waals surface area contributed by atoms with Gasteiger partial charge in [-0.05, 0) is 31.2 Å². The monoisotopic (exact) mass is 355 g/mol. The summed E-state index contributed by atoms with van der Waals surface area (Å²) in [5.74, 6) is 0. The number of carbonyl (C=O) groups is 2. The van der Waals surface area contributed by atoms with Crippen molar-refractivity contribution in [1.82, 2.24) is 10.2 Å². The van der Waals surface area contributed by atoms with Gasteiger partial charge < -0.3 is 10.1 Å². The van der Waals surface area contributed by atoms with E-state index in [1.54, 1.807) is 0 Å². The lowest BCUT2D eigenvalue weighted by molar-refractivity contribution is 0.0840. The average molecular weight is 355 g/mol. The van der Waals surface area contributed by atoms with E-state index in [-0.39, 0.29) is 19.2 Å².